The number of fused-ring (bicyclic) bond motifs is 5. The molecule has 0 aromatic heterocycles. The second-order valence-electron chi connectivity index (χ2n) is 8.25. The monoisotopic (exact) mass is 326 g/mol. The van der Waals surface area contributed by atoms with Gasteiger partial charge in [-0.1, -0.05) is 12.8 Å². The summed E-state index contributed by atoms with van der Waals surface area (Å²) in [6.07, 6.45) is 11.3. The highest BCUT2D eigenvalue weighted by Crippen LogP contribution is 2.64. The van der Waals surface area contributed by atoms with Crippen molar-refractivity contribution in [3.8, 4) is 18.1 Å². The molecule has 3 aliphatic rings. The van der Waals surface area contributed by atoms with Crippen LogP contribution in [0.2, 0.25) is 0 Å². The van der Waals surface area contributed by atoms with Gasteiger partial charge in [-0.05, 0) is 85.1 Å². The molecule has 0 aliphatic heterocycles. The summed E-state index contributed by atoms with van der Waals surface area (Å²) in [5.41, 5.74) is 2.14. The van der Waals surface area contributed by atoms with Gasteiger partial charge < -0.3 is 15.3 Å². The number of hydrogen-bond donors (Lipinski definition) is 3. The molecule has 3 nitrogen and oxygen atoms in total. The molecule has 1 aromatic carbocycles. The minimum atomic E-state index is -0.975. The molecule has 0 amide bonds. The zero-order valence-electron chi connectivity index (χ0n) is 14.3. The number of rotatable bonds is 1. The van der Waals surface area contributed by atoms with Crippen LogP contribution in [-0.2, 0) is 13.0 Å². The largest absolute Gasteiger partial charge is 0.508 e. The molecular formula is C21H26O3. The number of phenols is 1. The minimum absolute atomic E-state index is 0.0316. The van der Waals surface area contributed by atoms with E-state index in [1.165, 1.54) is 11.1 Å². The Kier molecular flexibility index (Phi) is 3.50. The summed E-state index contributed by atoms with van der Waals surface area (Å²) in [5.74, 6) is 4.31. The van der Waals surface area contributed by atoms with Crippen LogP contribution in [0.4, 0.5) is 0 Å². The molecule has 0 saturated heterocycles. The van der Waals surface area contributed by atoms with E-state index in [0.29, 0.717) is 24.2 Å². The molecule has 0 bridgehead atoms. The number of aliphatic hydroxyl groups is 2. The van der Waals surface area contributed by atoms with Crippen LogP contribution in [0.5, 0.6) is 5.75 Å². The lowest BCUT2D eigenvalue weighted by atomic mass is 9.53. The number of aliphatic hydroxyl groups excluding tert-OH is 1. The topological polar surface area (TPSA) is 60.7 Å². The average molecular weight is 326 g/mol. The van der Waals surface area contributed by atoms with Crippen LogP contribution in [-0.4, -0.2) is 20.9 Å². The Hall–Kier alpha value is -1.50. The van der Waals surface area contributed by atoms with Gasteiger partial charge in [-0.15, -0.1) is 6.42 Å². The first-order valence-electron chi connectivity index (χ1n) is 9.09. The van der Waals surface area contributed by atoms with Gasteiger partial charge in [0.1, 0.15) is 11.4 Å². The summed E-state index contributed by atoms with van der Waals surface area (Å²) < 4.78 is 0. The van der Waals surface area contributed by atoms with Crippen molar-refractivity contribution in [3.05, 3.63) is 28.8 Å². The van der Waals surface area contributed by atoms with Crippen molar-refractivity contribution in [1.82, 2.24) is 0 Å². The van der Waals surface area contributed by atoms with Gasteiger partial charge in [0.15, 0.2) is 0 Å². The fourth-order valence-corrected chi connectivity index (χ4v) is 6.20. The SMILES string of the molecule is C#C[C@]1(O)CC[C@H]2[C@@H]3CCc4cc(O)cc(CO)c4[C@H]3CCC21C. The summed E-state index contributed by atoms with van der Waals surface area (Å²) in [4.78, 5) is 0. The molecule has 3 N–H and O–H groups in total. The smallest absolute Gasteiger partial charge is 0.130 e. The molecule has 0 spiro atoms. The standard InChI is InChI=1S/C21H26O3/c1-3-21(24)9-7-18-16-5-4-13-10-15(23)11-14(12-22)19(13)17(16)6-8-20(18,21)2/h1,10-11,16-18,22-24H,4-9,12H2,2H3/t16-,17+,18+,20?,21+/m1/s1. The van der Waals surface area contributed by atoms with Crippen LogP contribution in [0.25, 0.3) is 0 Å². The first-order valence-corrected chi connectivity index (χ1v) is 9.09. The van der Waals surface area contributed by atoms with Crippen molar-refractivity contribution < 1.29 is 15.3 Å². The van der Waals surface area contributed by atoms with Gasteiger partial charge in [0.2, 0.25) is 0 Å². The maximum atomic E-state index is 11.0. The van der Waals surface area contributed by atoms with Gasteiger partial charge in [0.25, 0.3) is 0 Å². The van der Waals surface area contributed by atoms with Crippen molar-refractivity contribution in [3.63, 3.8) is 0 Å². The zero-order valence-corrected chi connectivity index (χ0v) is 14.3. The quantitative estimate of drug-likeness (QED) is 0.695. The fraction of sp³-hybridized carbons (Fsp3) is 0.619. The van der Waals surface area contributed by atoms with E-state index >= 15 is 0 Å². The van der Waals surface area contributed by atoms with Gasteiger partial charge in [-0.25, -0.2) is 0 Å². The lowest BCUT2D eigenvalue weighted by Gasteiger charge is -2.52. The molecule has 0 radical (unpaired) electrons. The maximum Gasteiger partial charge on any atom is 0.130 e. The van der Waals surface area contributed by atoms with Gasteiger partial charge >= 0.3 is 0 Å². The summed E-state index contributed by atoms with van der Waals surface area (Å²) in [7, 11) is 0. The highest BCUT2D eigenvalue weighted by Gasteiger charge is 2.61. The van der Waals surface area contributed by atoms with Crippen LogP contribution in [0, 0.1) is 29.6 Å². The van der Waals surface area contributed by atoms with Gasteiger partial charge in [-0.2, -0.15) is 0 Å². The Morgan fingerprint density at radius 3 is 2.75 bits per heavy atom. The molecule has 4 rings (SSSR count). The third-order valence-electron chi connectivity index (χ3n) is 7.45. The molecule has 24 heavy (non-hydrogen) atoms. The van der Waals surface area contributed by atoms with E-state index in [2.05, 4.69) is 12.8 Å². The number of aromatic hydroxyl groups is 1. The van der Waals surface area contributed by atoms with Crippen LogP contribution >= 0.6 is 0 Å². The van der Waals surface area contributed by atoms with Gasteiger partial charge in [0, 0.05) is 5.41 Å². The molecule has 3 aliphatic carbocycles. The van der Waals surface area contributed by atoms with E-state index in [1.807, 2.05) is 6.07 Å². The Morgan fingerprint density at radius 1 is 1.25 bits per heavy atom. The van der Waals surface area contributed by atoms with E-state index in [-0.39, 0.29) is 17.8 Å². The van der Waals surface area contributed by atoms with Gasteiger partial charge in [0.05, 0.1) is 6.61 Å². The van der Waals surface area contributed by atoms with Gasteiger partial charge in [-0.3, -0.25) is 0 Å². The van der Waals surface area contributed by atoms with Crippen LogP contribution in [0.3, 0.4) is 0 Å². The predicted octanol–water partition coefficient (Wildman–Crippen LogP) is 3.10. The number of hydrogen-bond acceptors (Lipinski definition) is 3. The zero-order chi connectivity index (χ0) is 17.1. The van der Waals surface area contributed by atoms with Crippen LogP contribution < -0.4 is 0 Å². The van der Waals surface area contributed by atoms with Crippen molar-refractivity contribution in [2.75, 3.05) is 0 Å². The molecule has 1 unspecified atom stereocenters. The Morgan fingerprint density at radius 2 is 2.04 bits per heavy atom. The van der Waals surface area contributed by atoms with Crippen molar-refractivity contribution in [2.45, 2.75) is 63.6 Å². The Labute approximate surface area is 143 Å². The average Bonchev–Trinajstić information content (AvgIpc) is 2.85. The summed E-state index contributed by atoms with van der Waals surface area (Å²) >= 11 is 0. The first-order chi connectivity index (χ1) is 11.4. The summed E-state index contributed by atoms with van der Waals surface area (Å²) in [6.45, 7) is 2.15. The number of benzene rings is 1. The summed E-state index contributed by atoms with van der Waals surface area (Å²) in [5, 5.41) is 30.7. The highest BCUT2D eigenvalue weighted by molar-refractivity contribution is 5.46. The third-order valence-corrected chi connectivity index (χ3v) is 7.45. The van der Waals surface area contributed by atoms with Crippen molar-refractivity contribution >= 4 is 0 Å². The molecular weight excluding hydrogens is 300 g/mol. The van der Waals surface area contributed by atoms with E-state index in [9.17, 15) is 15.3 Å². The molecule has 0 heterocycles. The van der Waals surface area contributed by atoms with Crippen LogP contribution in [0.1, 0.15) is 61.6 Å². The number of terminal acetylenes is 1. The molecule has 1 aromatic rings. The van der Waals surface area contributed by atoms with Crippen LogP contribution in [0.15, 0.2) is 12.1 Å². The second-order valence-corrected chi connectivity index (χ2v) is 8.25. The lowest BCUT2D eigenvalue weighted by molar-refractivity contribution is -0.0648. The molecule has 2 saturated carbocycles. The summed E-state index contributed by atoms with van der Waals surface area (Å²) in [6, 6.07) is 3.58. The Bertz CT molecular complexity index is 701. The second kappa shape index (κ2) is 5.25. The molecule has 5 atom stereocenters. The number of aryl methyl sites for hydroxylation is 1. The highest BCUT2D eigenvalue weighted by atomic mass is 16.3. The molecule has 128 valence electrons. The fourth-order valence-electron chi connectivity index (χ4n) is 6.20. The van der Waals surface area contributed by atoms with E-state index < -0.39 is 5.60 Å². The molecule has 3 heteroatoms. The minimum Gasteiger partial charge on any atom is -0.508 e. The first kappa shape index (κ1) is 16.0. The number of phenolic OH excluding ortho intramolecular Hbond substituents is 1. The molecule has 2 fully saturated rings. The third kappa shape index (κ3) is 1.93. The lowest BCUT2D eigenvalue weighted by Crippen LogP contribution is -2.50. The maximum absolute atomic E-state index is 11.0. The van der Waals surface area contributed by atoms with E-state index in [4.69, 9.17) is 6.42 Å². The predicted molar refractivity (Wildman–Crippen MR) is 92.4 cm³/mol. The normalized spacial score (nSPS) is 40.3. The van der Waals surface area contributed by atoms with Crippen molar-refractivity contribution in [2.24, 2.45) is 17.3 Å². The van der Waals surface area contributed by atoms with Crippen molar-refractivity contribution in [1.29, 1.82) is 0 Å². The Balaban J connectivity index is 1.76. The van der Waals surface area contributed by atoms with E-state index in [1.54, 1.807) is 6.07 Å². The van der Waals surface area contributed by atoms with E-state index in [0.717, 1.165) is 37.7 Å².